The predicted octanol–water partition coefficient (Wildman–Crippen LogP) is 3.85. The number of rotatable bonds is 7. The van der Waals surface area contributed by atoms with E-state index in [9.17, 15) is 9.59 Å². The molecule has 1 heterocycles. The Hall–Kier alpha value is -2.93. The van der Waals surface area contributed by atoms with Gasteiger partial charge < -0.3 is 15.1 Å². The van der Waals surface area contributed by atoms with Gasteiger partial charge in [0, 0.05) is 31.4 Å². The summed E-state index contributed by atoms with van der Waals surface area (Å²) in [4.78, 5) is 33.1. The third kappa shape index (κ3) is 4.48. The lowest BCUT2D eigenvalue weighted by atomic mass is 10.1. The zero-order chi connectivity index (χ0) is 20.1. The van der Waals surface area contributed by atoms with Crippen LogP contribution in [0.4, 0.5) is 10.8 Å². The van der Waals surface area contributed by atoms with Crippen LogP contribution in [0, 0.1) is 0 Å². The van der Waals surface area contributed by atoms with Crippen LogP contribution in [-0.4, -0.2) is 48.4 Å². The summed E-state index contributed by atoms with van der Waals surface area (Å²) >= 11 is 1.55. The summed E-state index contributed by atoms with van der Waals surface area (Å²) in [6.07, 6.45) is 0. The van der Waals surface area contributed by atoms with Crippen LogP contribution in [0.5, 0.6) is 0 Å². The second-order valence-corrected chi connectivity index (χ2v) is 7.44. The van der Waals surface area contributed by atoms with Gasteiger partial charge in [0.05, 0.1) is 16.8 Å². The smallest absolute Gasteiger partial charge is 0.253 e. The molecule has 0 spiro atoms. The van der Waals surface area contributed by atoms with E-state index in [0.29, 0.717) is 24.3 Å². The van der Waals surface area contributed by atoms with Gasteiger partial charge in [-0.25, -0.2) is 4.98 Å². The SMILES string of the molecule is CCN(CC)C(=O)c1cccc(NC(=O)CN(C)c2nc3ccccc3s2)c1. The number of benzene rings is 2. The Morgan fingerprint density at radius 1 is 1.07 bits per heavy atom. The molecule has 0 aliphatic carbocycles. The van der Waals surface area contributed by atoms with Gasteiger partial charge in [-0.3, -0.25) is 9.59 Å². The molecule has 3 rings (SSSR count). The second-order valence-electron chi connectivity index (χ2n) is 6.43. The van der Waals surface area contributed by atoms with Gasteiger partial charge in [0.25, 0.3) is 5.91 Å². The first-order valence-electron chi connectivity index (χ1n) is 9.27. The summed E-state index contributed by atoms with van der Waals surface area (Å²) < 4.78 is 1.09. The van der Waals surface area contributed by atoms with Crippen molar-refractivity contribution in [1.82, 2.24) is 9.88 Å². The fourth-order valence-electron chi connectivity index (χ4n) is 2.93. The molecule has 0 radical (unpaired) electrons. The highest BCUT2D eigenvalue weighted by Crippen LogP contribution is 2.27. The van der Waals surface area contributed by atoms with Crippen molar-refractivity contribution in [3.63, 3.8) is 0 Å². The third-order valence-electron chi connectivity index (χ3n) is 4.43. The molecular weight excluding hydrogens is 372 g/mol. The van der Waals surface area contributed by atoms with Crippen LogP contribution in [0.25, 0.3) is 10.2 Å². The number of carbonyl (C=O) groups excluding carboxylic acids is 2. The van der Waals surface area contributed by atoms with E-state index in [2.05, 4.69) is 10.3 Å². The largest absolute Gasteiger partial charge is 0.342 e. The molecule has 3 aromatic rings. The fourth-order valence-corrected chi connectivity index (χ4v) is 3.86. The normalized spacial score (nSPS) is 10.7. The summed E-state index contributed by atoms with van der Waals surface area (Å²) in [5.74, 6) is -0.193. The second kappa shape index (κ2) is 8.84. The molecule has 146 valence electrons. The van der Waals surface area contributed by atoms with E-state index < -0.39 is 0 Å². The first-order chi connectivity index (χ1) is 13.5. The number of nitrogens with zero attached hydrogens (tertiary/aromatic N) is 3. The number of para-hydroxylation sites is 1. The van der Waals surface area contributed by atoms with E-state index in [1.807, 2.05) is 50.1 Å². The van der Waals surface area contributed by atoms with E-state index in [1.54, 1.807) is 40.5 Å². The number of thiazole rings is 1. The molecule has 2 amide bonds. The van der Waals surface area contributed by atoms with Crippen molar-refractivity contribution in [2.45, 2.75) is 13.8 Å². The first-order valence-corrected chi connectivity index (χ1v) is 10.1. The van der Waals surface area contributed by atoms with Crippen molar-refractivity contribution in [1.29, 1.82) is 0 Å². The van der Waals surface area contributed by atoms with Gasteiger partial charge in [-0.2, -0.15) is 0 Å². The van der Waals surface area contributed by atoms with Crippen LogP contribution in [-0.2, 0) is 4.79 Å². The molecule has 0 unspecified atom stereocenters. The molecule has 0 aliphatic rings. The molecule has 0 atom stereocenters. The molecule has 6 nitrogen and oxygen atoms in total. The fraction of sp³-hybridized carbons (Fsp3) is 0.286. The number of hydrogen-bond acceptors (Lipinski definition) is 5. The molecule has 0 aliphatic heterocycles. The Kier molecular flexibility index (Phi) is 6.26. The minimum atomic E-state index is -0.158. The van der Waals surface area contributed by atoms with Gasteiger partial charge in [0.15, 0.2) is 5.13 Å². The topological polar surface area (TPSA) is 65.5 Å². The summed E-state index contributed by atoms with van der Waals surface area (Å²) in [5.41, 5.74) is 2.11. The molecule has 2 aromatic carbocycles. The zero-order valence-corrected chi connectivity index (χ0v) is 17.1. The summed E-state index contributed by atoms with van der Waals surface area (Å²) in [6.45, 7) is 5.38. The Morgan fingerprint density at radius 3 is 2.54 bits per heavy atom. The van der Waals surface area contributed by atoms with Gasteiger partial charge in [0.1, 0.15) is 0 Å². The van der Waals surface area contributed by atoms with Crippen LogP contribution in [0.1, 0.15) is 24.2 Å². The number of hydrogen-bond donors (Lipinski definition) is 1. The van der Waals surface area contributed by atoms with Crippen LogP contribution in [0.2, 0.25) is 0 Å². The molecule has 1 N–H and O–H groups in total. The molecule has 0 saturated heterocycles. The zero-order valence-electron chi connectivity index (χ0n) is 16.3. The molecule has 1 aromatic heterocycles. The molecule has 0 fully saturated rings. The maximum absolute atomic E-state index is 12.5. The highest BCUT2D eigenvalue weighted by molar-refractivity contribution is 7.22. The number of fused-ring (bicyclic) bond motifs is 1. The standard InChI is InChI=1S/C21H24N4O2S/c1-4-25(5-2)20(27)15-9-8-10-16(13-15)22-19(26)14-24(3)21-23-17-11-6-7-12-18(17)28-21/h6-13H,4-5,14H2,1-3H3,(H,22,26). The van der Waals surface area contributed by atoms with Crippen molar-refractivity contribution in [3.05, 3.63) is 54.1 Å². The van der Waals surface area contributed by atoms with Crippen LogP contribution >= 0.6 is 11.3 Å². The minimum absolute atomic E-state index is 0.0345. The average Bonchev–Trinajstić information content (AvgIpc) is 3.13. The van der Waals surface area contributed by atoms with Gasteiger partial charge in [-0.1, -0.05) is 29.5 Å². The molecule has 0 bridgehead atoms. The lowest BCUT2D eigenvalue weighted by molar-refractivity contribution is -0.114. The highest BCUT2D eigenvalue weighted by Gasteiger charge is 2.15. The van der Waals surface area contributed by atoms with E-state index >= 15 is 0 Å². The number of nitrogens with one attached hydrogen (secondary N) is 1. The van der Waals surface area contributed by atoms with Crippen LogP contribution < -0.4 is 10.2 Å². The average molecular weight is 397 g/mol. The molecule has 7 heteroatoms. The lowest BCUT2D eigenvalue weighted by Gasteiger charge is -2.19. The van der Waals surface area contributed by atoms with E-state index in [4.69, 9.17) is 0 Å². The van der Waals surface area contributed by atoms with E-state index in [0.717, 1.165) is 15.3 Å². The summed E-state index contributed by atoms with van der Waals surface area (Å²) in [6, 6.07) is 15.0. The molecule has 28 heavy (non-hydrogen) atoms. The van der Waals surface area contributed by atoms with Crippen LogP contribution in [0.15, 0.2) is 48.5 Å². The van der Waals surface area contributed by atoms with Crippen molar-refractivity contribution in [3.8, 4) is 0 Å². The number of amides is 2. The Balaban J connectivity index is 1.66. The van der Waals surface area contributed by atoms with Gasteiger partial charge in [-0.05, 0) is 44.2 Å². The highest BCUT2D eigenvalue weighted by atomic mass is 32.1. The minimum Gasteiger partial charge on any atom is -0.342 e. The number of anilines is 2. The third-order valence-corrected chi connectivity index (χ3v) is 5.58. The monoisotopic (exact) mass is 396 g/mol. The Bertz CT molecular complexity index is 948. The maximum atomic E-state index is 12.5. The van der Waals surface area contributed by atoms with E-state index in [-0.39, 0.29) is 18.4 Å². The van der Waals surface area contributed by atoms with Crippen molar-refractivity contribution in [2.24, 2.45) is 0 Å². The summed E-state index contributed by atoms with van der Waals surface area (Å²) in [5, 5.41) is 3.67. The molecule has 0 saturated carbocycles. The van der Waals surface area contributed by atoms with Gasteiger partial charge in [-0.15, -0.1) is 0 Å². The van der Waals surface area contributed by atoms with Crippen LogP contribution in [0.3, 0.4) is 0 Å². The quantitative estimate of drug-likeness (QED) is 0.659. The number of carbonyl (C=O) groups is 2. The van der Waals surface area contributed by atoms with Gasteiger partial charge in [0.2, 0.25) is 5.91 Å². The number of aromatic nitrogens is 1. The maximum Gasteiger partial charge on any atom is 0.253 e. The lowest BCUT2D eigenvalue weighted by Crippen LogP contribution is -2.31. The predicted molar refractivity (Wildman–Crippen MR) is 115 cm³/mol. The first kappa shape index (κ1) is 19.8. The summed E-state index contributed by atoms with van der Waals surface area (Å²) in [7, 11) is 1.84. The van der Waals surface area contributed by atoms with Crippen molar-refractivity contribution >= 4 is 44.2 Å². The van der Waals surface area contributed by atoms with Crippen molar-refractivity contribution in [2.75, 3.05) is 36.9 Å². The van der Waals surface area contributed by atoms with Crippen molar-refractivity contribution < 1.29 is 9.59 Å². The molecular formula is C21H24N4O2S. The number of likely N-dealkylation sites (N-methyl/N-ethyl adjacent to an activating group) is 1. The Morgan fingerprint density at radius 2 is 1.82 bits per heavy atom. The van der Waals surface area contributed by atoms with E-state index in [1.165, 1.54) is 0 Å². The van der Waals surface area contributed by atoms with Gasteiger partial charge >= 0.3 is 0 Å². The Labute approximate surface area is 168 Å².